The number of hydrogen-bond donors (Lipinski definition) is 0. The van der Waals surface area contributed by atoms with Gasteiger partial charge in [-0.25, -0.2) is 0 Å². The highest BCUT2D eigenvalue weighted by Crippen LogP contribution is 2.25. The first kappa shape index (κ1) is 10.0. The van der Waals surface area contributed by atoms with Gasteiger partial charge in [-0.2, -0.15) is 0 Å². The van der Waals surface area contributed by atoms with Gasteiger partial charge < -0.3 is 9.47 Å². The van der Waals surface area contributed by atoms with Crippen LogP contribution in [0.2, 0.25) is 0 Å². The van der Waals surface area contributed by atoms with Crippen LogP contribution in [0.5, 0.6) is 0 Å². The Kier molecular flexibility index (Phi) is 3.44. The number of epoxide rings is 1. The number of hydrogen-bond acceptors (Lipinski definition) is 2. The van der Waals surface area contributed by atoms with Crippen LogP contribution in [0.25, 0.3) is 0 Å². The van der Waals surface area contributed by atoms with Crippen molar-refractivity contribution in [2.75, 3.05) is 6.61 Å². The van der Waals surface area contributed by atoms with Crippen LogP contribution in [-0.2, 0) is 9.47 Å². The van der Waals surface area contributed by atoms with Gasteiger partial charge in [0.15, 0.2) is 0 Å². The molecule has 0 amide bonds. The molecule has 0 radical (unpaired) electrons. The van der Waals surface area contributed by atoms with Crippen molar-refractivity contribution in [3.05, 3.63) is 0 Å². The highest BCUT2D eigenvalue weighted by atomic mass is 16.6. The maximum atomic E-state index is 5.79. The van der Waals surface area contributed by atoms with Crippen molar-refractivity contribution < 1.29 is 9.47 Å². The summed E-state index contributed by atoms with van der Waals surface area (Å²) in [5.74, 6) is 5.87. The minimum absolute atomic E-state index is 0.156. The first-order chi connectivity index (χ1) is 6.90. The minimum atomic E-state index is 0.156. The normalized spacial score (nSPS) is 32.1. The molecule has 0 N–H and O–H groups in total. The van der Waals surface area contributed by atoms with E-state index in [1.165, 1.54) is 32.1 Å². The third-order valence-corrected chi connectivity index (χ3v) is 2.92. The number of rotatable bonds is 3. The highest BCUT2D eigenvalue weighted by Gasteiger charge is 2.38. The molecule has 0 aromatic rings. The van der Waals surface area contributed by atoms with E-state index in [-0.39, 0.29) is 12.2 Å². The fourth-order valence-electron chi connectivity index (χ4n) is 2.00. The summed E-state index contributed by atoms with van der Waals surface area (Å²) in [6.45, 7) is 2.59. The van der Waals surface area contributed by atoms with Crippen LogP contribution in [0.1, 0.15) is 39.0 Å². The first-order valence-corrected chi connectivity index (χ1v) is 5.59. The molecule has 2 heteroatoms. The third-order valence-electron chi connectivity index (χ3n) is 2.92. The van der Waals surface area contributed by atoms with E-state index >= 15 is 0 Å². The fourth-order valence-corrected chi connectivity index (χ4v) is 2.00. The lowest BCUT2D eigenvalue weighted by Crippen LogP contribution is -2.19. The zero-order valence-electron chi connectivity index (χ0n) is 8.79. The van der Waals surface area contributed by atoms with Gasteiger partial charge >= 0.3 is 0 Å². The average Bonchev–Trinajstić information content (AvgIpc) is 2.96. The van der Waals surface area contributed by atoms with E-state index in [1.807, 2.05) is 6.92 Å². The van der Waals surface area contributed by atoms with E-state index in [1.54, 1.807) is 0 Å². The van der Waals surface area contributed by atoms with E-state index in [0.29, 0.717) is 6.10 Å². The molecule has 2 rings (SSSR count). The monoisotopic (exact) mass is 194 g/mol. The summed E-state index contributed by atoms with van der Waals surface area (Å²) in [7, 11) is 0. The largest absolute Gasteiger partial charge is 0.375 e. The van der Waals surface area contributed by atoms with Crippen molar-refractivity contribution in [2.24, 2.45) is 0 Å². The maximum absolute atomic E-state index is 5.79. The van der Waals surface area contributed by atoms with Crippen molar-refractivity contribution >= 4 is 0 Å². The van der Waals surface area contributed by atoms with E-state index in [9.17, 15) is 0 Å². The lowest BCUT2D eigenvalue weighted by molar-refractivity contribution is 0.0199. The zero-order chi connectivity index (χ0) is 9.80. The molecule has 78 valence electrons. The molecule has 2 nitrogen and oxygen atoms in total. The molecule has 2 atom stereocenters. The van der Waals surface area contributed by atoms with Crippen LogP contribution < -0.4 is 0 Å². The quantitative estimate of drug-likeness (QED) is 0.507. The third kappa shape index (κ3) is 2.73. The molecule has 0 bridgehead atoms. The topological polar surface area (TPSA) is 21.8 Å². The van der Waals surface area contributed by atoms with Crippen LogP contribution in [0, 0.1) is 11.8 Å². The van der Waals surface area contributed by atoms with Gasteiger partial charge in [-0.15, -0.1) is 5.92 Å². The summed E-state index contributed by atoms with van der Waals surface area (Å²) in [5.41, 5.74) is 0. The van der Waals surface area contributed by atoms with Crippen LogP contribution in [-0.4, -0.2) is 24.9 Å². The smallest absolute Gasteiger partial charge is 0.147 e. The predicted molar refractivity (Wildman–Crippen MR) is 54.9 cm³/mol. The Labute approximate surface area is 86.0 Å². The summed E-state index contributed by atoms with van der Waals surface area (Å²) in [5, 5.41) is 0. The van der Waals surface area contributed by atoms with E-state index in [4.69, 9.17) is 9.47 Å². The Morgan fingerprint density at radius 2 is 2.07 bits per heavy atom. The van der Waals surface area contributed by atoms with Crippen molar-refractivity contribution in [3.8, 4) is 11.8 Å². The lowest BCUT2D eigenvalue weighted by atomic mass is 9.98. The van der Waals surface area contributed by atoms with Crippen LogP contribution in [0.3, 0.4) is 0 Å². The molecular formula is C12H18O2. The molecule has 0 aromatic heterocycles. The van der Waals surface area contributed by atoms with Crippen LogP contribution in [0.15, 0.2) is 0 Å². The van der Waals surface area contributed by atoms with Gasteiger partial charge in [0, 0.05) is 0 Å². The van der Waals surface area contributed by atoms with Crippen LogP contribution in [0.4, 0.5) is 0 Å². The highest BCUT2D eigenvalue weighted by molar-refractivity contribution is 5.12. The summed E-state index contributed by atoms with van der Waals surface area (Å²) >= 11 is 0. The van der Waals surface area contributed by atoms with Gasteiger partial charge in [0.05, 0.1) is 12.7 Å². The Balaban J connectivity index is 1.60. The molecule has 2 unspecified atom stereocenters. The minimum Gasteiger partial charge on any atom is -0.375 e. The molecule has 1 aliphatic carbocycles. The Morgan fingerprint density at radius 1 is 1.29 bits per heavy atom. The van der Waals surface area contributed by atoms with Gasteiger partial charge in [-0.1, -0.05) is 25.2 Å². The van der Waals surface area contributed by atoms with E-state index in [0.717, 1.165) is 6.61 Å². The van der Waals surface area contributed by atoms with Gasteiger partial charge in [0.2, 0.25) is 0 Å². The second-order valence-corrected chi connectivity index (χ2v) is 4.08. The summed E-state index contributed by atoms with van der Waals surface area (Å²) in [6.07, 6.45) is 7.40. The van der Waals surface area contributed by atoms with Gasteiger partial charge in [-0.05, 0) is 19.8 Å². The average molecular weight is 194 g/mol. The maximum Gasteiger partial charge on any atom is 0.147 e. The summed E-state index contributed by atoms with van der Waals surface area (Å²) in [6, 6.07) is 0. The van der Waals surface area contributed by atoms with Crippen molar-refractivity contribution in [1.29, 1.82) is 0 Å². The van der Waals surface area contributed by atoms with Gasteiger partial charge in [0.25, 0.3) is 0 Å². The SMILES string of the molecule is CC#CC1OC1COC1CCCCC1. The Morgan fingerprint density at radius 3 is 2.79 bits per heavy atom. The predicted octanol–water partition coefficient (Wildman–Crippen LogP) is 2.13. The molecule has 1 aliphatic heterocycles. The van der Waals surface area contributed by atoms with Gasteiger partial charge in [0.1, 0.15) is 12.2 Å². The molecule has 1 saturated heterocycles. The lowest BCUT2D eigenvalue weighted by Gasteiger charge is -2.21. The molecule has 2 fully saturated rings. The summed E-state index contributed by atoms with van der Waals surface area (Å²) in [4.78, 5) is 0. The fraction of sp³-hybridized carbons (Fsp3) is 0.833. The van der Waals surface area contributed by atoms with Crippen LogP contribution >= 0.6 is 0 Å². The molecule has 0 spiro atoms. The molecule has 1 heterocycles. The van der Waals surface area contributed by atoms with E-state index < -0.39 is 0 Å². The van der Waals surface area contributed by atoms with Crippen molar-refractivity contribution in [3.63, 3.8) is 0 Å². The molecule has 0 aromatic carbocycles. The standard InChI is InChI=1S/C12H18O2/c1-2-6-11-12(14-11)9-13-10-7-4-3-5-8-10/h10-12H,3-5,7-9H2,1H3. The Bertz CT molecular complexity index is 232. The summed E-state index contributed by atoms with van der Waals surface area (Å²) < 4.78 is 11.1. The second-order valence-electron chi connectivity index (χ2n) is 4.08. The van der Waals surface area contributed by atoms with Gasteiger partial charge in [-0.3, -0.25) is 0 Å². The number of ether oxygens (including phenoxy) is 2. The molecule has 1 saturated carbocycles. The molecule has 14 heavy (non-hydrogen) atoms. The second kappa shape index (κ2) is 4.82. The first-order valence-electron chi connectivity index (χ1n) is 5.59. The van der Waals surface area contributed by atoms with Crippen molar-refractivity contribution in [2.45, 2.75) is 57.3 Å². The Hall–Kier alpha value is -0.520. The van der Waals surface area contributed by atoms with E-state index in [2.05, 4.69) is 11.8 Å². The van der Waals surface area contributed by atoms with Crippen molar-refractivity contribution in [1.82, 2.24) is 0 Å². The zero-order valence-corrected chi connectivity index (χ0v) is 8.79. The molecule has 2 aliphatic rings. The molecular weight excluding hydrogens is 176 g/mol.